The minimum atomic E-state index is 0. The third-order valence-electron chi connectivity index (χ3n) is 9.81. The topological polar surface area (TPSA) is 36.9 Å². The minimum absolute atomic E-state index is 0. The van der Waals surface area contributed by atoms with Crippen LogP contribution in [0.1, 0.15) is 68.4 Å². The molecule has 0 fully saturated rings. The Labute approximate surface area is 355 Å². The van der Waals surface area contributed by atoms with Crippen LogP contribution in [0.25, 0.3) is 0 Å². The molecule has 0 spiro atoms. The summed E-state index contributed by atoms with van der Waals surface area (Å²) in [5, 5.41) is 0. The second kappa shape index (κ2) is 26.1. The number of hydrogen-bond acceptors (Lipinski definition) is 4. The van der Waals surface area contributed by atoms with E-state index < -0.39 is 0 Å². The van der Waals surface area contributed by atoms with Gasteiger partial charge in [-0.05, 0) is 69.7 Å². The van der Waals surface area contributed by atoms with Crippen LogP contribution in [0.2, 0.25) is 0 Å². The van der Waals surface area contributed by atoms with Gasteiger partial charge in [0.25, 0.3) is 0 Å². The standard InChI is InChI=1S/C43H58NO4.C8H10.BrH/c1-35(2)29-42(47-40-17-11-7-12-18-40)33-45-27-25-44(31-38-15-9-6-10-16-38,32-39-23-21-37(5)22-24-39)26-28-46-34-43(30-36(3)4)48-41-19-13-8-14-20-41;1-7-3-5-8(2)6-4-7;/h6-24,35-36,42-43H,25-34H2,1-5H3;3-6H,1-2H3;1H/q+1;;/p-1. The van der Waals surface area contributed by atoms with Gasteiger partial charge in [0, 0.05) is 11.1 Å². The molecule has 5 aromatic carbocycles. The maximum Gasteiger partial charge on any atom is 0.122 e. The van der Waals surface area contributed by atoms with Crippen molar-refractivity contribution >= 4 is 0 Å². The van der Waals surface area contributed by atoms with Gasteiger partial charge < -0.3 is 40.4 Å². The zero-order chi connectivity index (χ0) is 40.0. The normalized spacial score (nSPS) is 13.1. The van der Waals surface area contributed by atoms with Crippen molar-refractivity contribution in [2.24, 2.45) is 11.8 Å². The molecule has 0 aliphatic carbocycles. The van der Waals surface area contributed by atoms with Crippen LogP contribution in [-0.2, 0) is 22.6 Å². The van der Waals surface area contributed by atoms with Gasteiger partial charge in [-0.1, -0.05) is 160 Å². The van der Waals surface area contributed by atoms with Crippen LogP contribution in [0.3, 0.4) is 0 Å². The molecule has 0 saturated carbocycles. The first kappa shape index (κ1) is 47.4. The molecule has 0 N–H and O–H groups in total. The third kappa shape index (κ3) is 19.4. The van der Waals surface area contributed by atoms with E-state index in [1.165, 1.54) is 27.8 Å². The molecular formula is C51H68BrNO4. The summed E-state index contributed by atoms with van der Waals surface area (Å²) in [6, 6.07) is 48.5. The number of aryl methyl sites for hydroxylation is 3. The van der Waals surface area contributed by atoms with E-state index in [2.05, 4.69) is 127 Å². The van der Waals surface area contributed by atoms with Crippen molar-refractivity contribution in [2.75, 3.05) is 39.5 Å². The van der Waals surface area contributed by atoms with Gasteiger partial charge in [0.15, 0.2) is 0 Å². The van der Waals surface area contributed by atoms with E-state index in [1.54, 1.807) is 0 Å². The zero-order valence-electron chi connectivity index (χ0n) is 35.6. The summed E-state index contributed by atoms with van der Waals surface area (Å²) in [6.45, 7) is 21.2. The van der Waals surface area contributed by atoms with Crippen molar-refractivity contribution in [2.45, 2.75) is 86.6 Å². The van der Waals surface area contributed by atoms with Gasteiger partial charge in [0.1, 0.15) is 49.9 Å². The van der Waals surface area contributed by atoms with Crippen LogP contribution in [-0.4, -0.2) is 56.2 Å². The van der Waals surface area contributed by atoms with E-state index in [-0.39, 0.29) is 29.2 Å². The first-order chi connectivity index (χ1) is 27.1. The molecule has 2 atom stereocenters. The van der Waals surface area contributed by atoms with Crippen LogP contribution in [0.5, 0.6) is 11.5 Å². The monoisotopic (exact) mass is 837 g/mol. The number of benzene rings is 5. The van der Waals surface area contributed by atoms with Crippen LogP contribution in [0, 0.1) is 32.6 Å². The first-order valence-corrected chi connectivity index (χ1v) is 20.6. The van der Waals surface area contributed by atoms with Crippen LogP contribution in [0.15, 0.2) is 140 Å². The van der Waals surface area contributed by atoms with E-state index in [4.69, 9.17) is 18.9 Å². The maximum absolute atomic E-state index is 6.47. The van der Waals surface area contributed by atoms with Gasteiger partial charge in [-0.3, -0.25) is 0 Å². The Morgan fingerprint density at radius 3 is 1.14 bits per heavy atom. The quantitative estimate of drug-likeness (QED) is 0.0516. The molecule has 0 aromatic heterocycles. The first-order valence-electron chi connectivity index (χ1n) is 20.6. The number of quaternary nitrogens is 1. The minimum Gasteiger partial charge on any atom is -1.00 e. The van der Waals surface area contributed by atoms with Crippen LogP contribution < -0.4 is 26.5 Å². The summed E-state index contributed by atoms with van der Waals surface area (Å²) in [5.74, 6) is 2.81. The predicted octanol–water partition coefficient (Wildman–Crippen LogP) is 8.84. The Bertz CT molecular complexity index is 1650. The Hall–Kier alpha value is -3.94. The molecule has 0 heterocycles. The van der Waals surface area contributed by atoms with Crippen molar-refractivity contribution in [3.05, 3.63) is 167 Å². The molecule has 5 aromatic rings. The van der Waals surface area contributed by atoms with Gasteiger partial charge in [-0.15, -0.1) is 0 Å². The summed E-state index contributed by atoms with van der Waals surface area (Å²) >= 11 is 0. The van der Waals surface area contributed by atoms with Crippen LogP contribution in [0.4, 0.5) is 0 Å². The summed E-state index contributed by atoms with van der Waals surface area (Å²) in [5.41, 5.74) is 6.58. The van der Waals surface area contributed by atoms with Crippen molar-refractivity contribution in [1.29, 1.82) is 0 Å². The molecule has 0 radical (unpaired) electrons. The van der Waals surface area contributed by atoms with Gasteiger partial charge >= 0.3 is 0 Å². The summed E-state index contributed by atoms with van der Waals surface area (Å²) in [6.07, 6.45) is 1.90. The number of ether oxygens (including phenoxy) is 4. The lowest BCUT2D eigenvalue weighted by Crippen LogP contribution is -3.00. The number of hydrogen-bond donors (Lipinski definition) is 0. The van der Waals surface area contributed by atoms with Crippen molar-refractivity contribution in [3.8, 4) is 11.5 Å². The van der Waals surface area contributed by atoms with E-state index in [9.17, 15) is 0 Å². The molecule has 0 aliphatic rings. The fourth-order valence-corrected chi connectivity index (χ4v) is 6.85. The molecule has 5 nitrogen and oxygen atoms in total. The van der Waals surface area contributed by atoms with Gasteiger partial charge in [0.05, 0.1) is 26.4 Å². The largest absolute Gasteiger partial charge is 1.00 e. The second-order valence-corrected chi connectivity index (χ2v) is 16.2. The Morgan fingerprint density at radius 2 is 0.772 bits per heavy atom. The zero-order valence-corrected chi connectivity index (χ0v) is 37.2. The average Bonchev–Trinajstić information content (AvgIpc) is 3.18. The van der Waals surface area contributed by atoms with Crippen molar-refractivity contribution < 1.29 is 40.4 Å². The molecule has 57 heavy (non-hydrogen) atoms. The van der Waals surface area contributed by atoms with Gasteiger partial charge in [-0.2, -0.15) is 0 Å². The van der Waals surface area contributed by atoms with E-state index >= 15 is 0 Å². The predicted molar refractivity (Wildman–Crippen MR) is 233 cm³/mol. The third-order valence-corrected chi connectivity index (χ3v) is 9.81. The van der Waals surface area contributed by atoms with E-state index in [0.29, 0.717) is 38.3 Å². The highest BCUT2D eigenvalue weighted by Gasteiger charge is 2.29. The molecule has 2 unspecified atom stereocenters. The van der Waals surface area contributed by atoms with E-state index in [1.807, 2.05) is 60.7 Å². The highest BCUT2D eigenvalue weighted by atomic mass is 79.9. The number of halogens is 1. The Balaban J connectivity index is 0.000000860. The Morgan fingerprint density at radius 1 is 0.439 bits per heavy atom. The van der Waals surface area contributed by atoms with Gasteiger partial charge in [-0.25, -0.2) is 0 Å². The van der Waals surface area contributed by atoms with E-state index in [0.717, 1.165) is 55.0 Å². The SMILES string of the molecule is Cc1ccc(C)cc1.Cc1ccc(C[N+](CCOCC(CC(C)C)Oc2ccccc2)(CCOCC(CC(C)C)Oc2ccccc2)Cc2ccccc2)cc1.[Br-]. The number of para-hydroxylation sites is 2. The smallest absolute Gasteiger partial charge is 0.122 e. The molecule has 0 amide bonds. The molecule has 0 bridgehead atoms. The van der Waals surface area contributed by atoms with Crippen LogP contribution >= 0.6 is 0 Å². The van der Waals surface area contributed by atoms with Crippen molar-refractivity contribution in [1.82, 2.24) is 0 Å². The summed E-state index contributed by atoms with van der Waals surface area (Å²) in [7, 11) is 0. The summed E-state index contributed by atoms with van der Waals surface area (Å²) < 4.78 is 26.5. The molecule has 5 rings (SSSR count). The fraction of sp³-hybridized carbons (Fsp3) is 0.412. The van der Waals surface area contributed by atoms with Gasteiger partial charge in [0.2, 0.25) is 0 Å². The lowest BCUT2D eigenvalue weighted by Gasteiger charge is -2.39. The molecule has 0 aliphatic heterocycles. The fourth-order valence-electron chi connectivity index (χ4n) is 6.85. The highest BCUT2D eigenvalue weighted by molar-refractivity contribution is 5.23. The second-order valence-electron chi connectivity index (χ2n) is 16.2. The molecule has 308 valence electrons. The number of rotatable bonds is 22. The highest BCUT2D eigenvalue weighted by Crippen LogP contribution is 2.23. The Kier molecular flexibility index (Phi) is 21.8. The number of nitrogens with zero attached hydrogens (tertiary/aromatic N) is 1. The molecule has 0 saturated heterocycles. The molecular weight excluding hydrogens is 770 g/mol. The lowest BCUT2D eigenvalue weighted by atomic mass is 10.1. The maximum atomic E-state index is 6.47. The molecule has 6 heteroatoms. The summed E-state index contributed by atoms with van der Waals surface area (Å²) in [4.78, 5) is 0. The average molecular weight is 839 g/mol. The van der Waals surface area contributed by atoms with Crippen molar-refractivity contribution in [3.63, 3.8) is 0 Å². The lowest BCUT2D eigenvalue weighted by molar-refractivity contribution is -0.954.